The summed E-state index contributed by atoms with van der Waals surface area (Å²) in [4.78, 5) is 11.1. The first kappa shape index (κ1) is 15.4. The second-order valence-corrected chi connectivity index (χ2v) is 5.46. The number of aryl methyl sites for hydroxylation is 1. The molecule has 0 unspecified atom stereocenters. The third-order valence-corrected chi connectivity index (χ3v) is 3.71. The van der Waals surface area contributed by atoms with Gasteiger partial charge in [-0.1, -0.05) is 6.07 Å². The van der Waals surface area contributed by atoms with Crippen molar-refractivity contribution in [3.8, 4) is 0 Å². The van der Waals surface area contributed by atoms with E-state index in [0.29, 0.717) is 12.1 Å². The number of hydrogen-bond donors (Lipinski definition) is 2. The lowest BCUT2D eigenvalue weighted by Crippen LogP contribution is -2.12. The highest BCUT2D eigenvalue weighted by Gasteiger charge is 2.09. The first-order valence-corrected chi connectivity index (χ1v) is 6.95. The number of amides is 1. The van der Waals surface area contributed by atoms with Crippen LogP contribution in [0, 0.1) is 18.6 Å². The number of hydrogen-bond acceptors (Lipinski definition) is 2. The molecule has 0 saturated heterocycles. The van der Waals surface area contributed by atoms with Crippen LogP contribution in [0.1, 0.15) is 21.5 Å². The van der Waals surface area contributed by atoms with Crippen LogP contribution in [0.25, 0.3) is 0 Å². The lowest BCUT2D eigenvalue weighted by atomic mass is 10.0. The molecule has 0 atom stereocenters. The van der Waals surface area contributed by atoms with E-state index in [1.807, 2.05) is 6.92 Å². The van der Waals surface area contributed by atoms with Gasteiger partial charge in [0.2, 0.25) is 5.91 Å². The molecule has 1 amide bonds. The summed E-state index contributed by atoms with van der Waals surface area (Å²) in [6.45, 7) is 2.18. The van der Waals surface area contributed by atoms with Gasteiger partial charge in [0, 0.05) is 18.2 Å². The molecule has 2 aromatic carbocycles. The van der Waals surface area contributed by atoms with E-state index >= 15 is 0 Å². The van der Waals surface area contributed by atoms with Crippen LogP contribution >= 0.6 is 15.9 Å². The predicted molar refractivity (Wildman–Crippen MR) is 81.1 cm³/mol. The minimum absolute atomic E-state index is 0.187. The maximum atomic E-state index is 13.6. The van der Waals surface area contributed by atoms with Crippen LogP contribution in [-0.4, -0.2) is 5.91 Å². The van der Waals surface area contributed by atoms with E-state index in [4.69, 9.17) is 5.73 Å². The fourth-order valence-electron chi connectivity index (χ4n) is 1.90. The Balaban J connectivity index is 2.17. The fourth-order valence-corrected chi connectivity index (χ4v) is 2.24. The van der Waals surface area contributed by atoms with Crippen molar-refractivity contribution >= 4 is 27.5 Å². The Kier molecular flexibility index (Phi) is 4.57. The topological polar surface area (TPSA) is 55.1 Å². The van der Waals surface area contributed by atoms with E-state index in [1.165, 1.54) is 6.07 Å². The summed E-state index contributed by atoms with van der Waals surface area (Å²) in [6, 6.07) is 7.20. The van der Waals surface area contributed by atoms with Crippen molar-refractivity contribution in [1.29, 1.82) is 0 Å². The van der Waals surface area contributed by atoms with Gasteiger partial charge in [-0.3, -0.25) is 4.79 Å². The van der Waals surface area contributed by atoms with Crippen molar-refractivity contribution in [2.45, 2.75) is 13.5 Å². The van der Waals surface area contributed by atoms with E-state index in [9.17, 15) is 13.6 Å². The van der Waals surface area contributed by atoms with Gasteiger partial charge in [0.1, 0.15) is 11.6 Å². The Morgan fingerprint density at radius 3 is 2.57 bits per heavy atom. The maximum Gasteiger partial charge on any atom is 0.248 e. The summed E-state index contributed by atoms with van der Waals surface area (Å²) < 4.78 is 27.0. The number of primary amides is 1. The molecule has 0 aromatic heterocycles. The number of anilines is 1. The average Bonchev–Trinajstić information content (AvgIpc) is 2.42. The highest BCUT2D eigenvalue weighted by atomic mass is 79.9. The number of carbonyl (C=O) groups excluding carboxylic acids is 1. The van der Waals surface area contributed by atoms with E-state index < -0.39 is 17.5 Å². The summed E-state index contributed by atoms with van der Waals surface area (Å²) in [6.07, 6.45) is 0. The van der Waals surface area contributed by atoms with Gasteiger partial charge in [-0.05, 0) is 52.2 Å². The molecule has 0 radical (unpaired) electrons. The number of carbonyl (C=O) groups is 1. The maximum absolute atomic E-state index is 13.6. The van der Waals surface area contributed by atoms with E-state index in [0.717, 1.165) is 17.2 Å². The molecule has 0 aliphatic carbocycles. The van der Waals surface area contributed by atoms with Crippen LogP contribution in [0.5, 0.6) is 0 Å². The summed E-state index contributed by atoms with van der Waals surface area (Å²) in [5.41, 5.74) is 7.57. The molecule has 0 spiro atoms. The lowest BCUT2D eigenvalue weighted by Gasteiger charge is -2.11. The first-order valence-electron chi connectivity index (χ1n) is 6.16. The Bertz CT molecular complexity index is 704. The van der Waals surface area contributed by atoms with Gasteiger partial charge in [0.25, 0.3) is 0 Å². The average molecular weight is 355 g/mol. The van der Waals surface area contributed by atoms with Crippen LogP contribution in [0.3, 0.4) is 0 Å². The Labute approximate surface area is 129 Å². The van der Waals surface area contributed by atoms with Gasteiger partial charge >= 0.3 is 0 Å². The largest absolute Gasteiger partial charge is 0.379 e. The molecule has 110 valence electrons. The van der Waals surface area contributed by atoms with Gasteiger partial charge in [-0.2, -0.15) is 0 Å². The molecule has 6 heteroatoms. The fraction of sp³-hybridized carbons (Fsp3) is 0.133. The lowest BCUT2D eigenvalue weighted by molar-refractivity contribution is 0.1000. The number of nitrogens with two attached hydrogens (primary N) is 1. The molecule has 0 aliphatic rings. The van der Waals surface area contributed by atoms with Crippen molar-refractivity contribution in [1.82, 2.24) is 0 Å². The number of benzene rings is 2. The highest BCUT2D eigenvalue weighted by Crippen LogP contribution is 2.24. The first-order chi connectivity index (χ1) is 9.88. The number of nitrogens with one attached hydrogen (secondary N) is 1. The molecule has 3 nitrogen and oxygen atoms in total. The van der Waals surface area contributed by atoms with Gasteiger partial charge < -0.3 is 11.1 Å². The molecule has 3 N–H and O–H groups in total. The molecular formula is C15H13BrF2N2O. The van der Waals surface area contributed by atoms with Crippen LogP contribution < -0.4 is 11.1 Å². The van der Waals surface area contributed by atoms with Gasteiger partial charge in [-0.15, -0.1) is 0 Å². The summed E-state index contributed by atoms with van der Waals surface area (Å²) in [7, 11) is 0. The van der Waals surface area contributed by atoms with E-state index in [1.54, 1.807) is 18.2 Å². The third-order valence-electron chi connectivity index (χ3n) is 3.11. The van der Waals surface area contributed by atoms with Crippen LogP contribution in [0.2, 0.25) is 0 Å². The van der Waals surface area contributed by atoms with E-state index in [-0.39, 0.29) is 10.2 Å². The Hall–Kier alpha value is -1.95. The summed E-state index contributed by atoms with van der Waals surface area (Å²) in [5.74, 6) is -1.81. The third kappa shape index (κ3) is 3.58. The van der Waals surface area contributed by atoms with Crippen molar-refractivity contribution in [2.75, 3.05) is 5.32 Å². The molecule has 21 heavy (non-hydrogen) atoms. The summed E-state index contributed by atoms with van der Waals surface area (Å²) >= 11 is 3.01. The smallest absolute Gasteiger partial charge is 0.248 e. The number of rotatable bonds is 4. The minimum Gasteiger partial charge on any atom is -0.379 e. The molecule has 2 aromatic rings. The monoisotopic (exact) mass is 354 g/mol. The number of halogens is 3. The zero-order chi connectivity index (χ0) is 15.6. The van der Waals surface area contributed by atoms with Crippen molar-refractivity contribution in [3.63, 3.8) is 0 Å². The highest BCUT2D eigenvalue weighted by molar-refractivity contribution is 9.10. The molecule has 0 bridgehead atoms. The second-order valence-electron chi connectivity index (χ2n) is 4.61. The zero-order valence-electron chi connectivity index (χ0n) is 11.2. The molecule has 0 fully saturated rings. The molecule has 2 rings (SSSR count). The summed E-state index contributed by atoms with van der Waals surface area (Å²) in [5, 5.41) is 2.90. The molecule has 0 heterocycles. The van der Waals surface area contributed by atoms with Crippen molar-refractivity contribution < 1.29 is 13.6 Å². The van der Waals surface area contributed by atoms with Gasteiger partial charge in [-0.25, -0.2) is 8.78 Å². The zero-order valence-corrected chi connectivity index (χ0v) is 12.8. The Morgan fingerprint density at radius 2 is 1.95 bits per heavy atom. The quantitative estimate of drug-likeness (QED) is 0.821. The van der Waals surface area contributed by atoms with Gasteiger partial charge in [0.05, 0.1) is 10.2 Å². The standard InChI is InChI=1S/C15H13BrF2N2O/c1-8-4-9(15(19)21)2-3-10(8)7-20-14-5-11(16)12(17)6-13(14)18/h2-6,20H,7H2,1H3,(H2,19,21). The SMILES string of the molecule is Cc1cc(C(N)=O)ccc1CNc1cc(Br)c(F)cc1F. The van der Waals surface area contributed by atoms with Gasteiger partial charge in [0.15, 0.2) is 0 Å². The van der Waals surface area contributed by atoms with Crippen LogP contribution in [-0.2, 0) is 6.54 Å². The molecule has 0 aliphatic heterocycles. The Morgan fingerprint density at radius 1 is 1.24 bits per heavy atom. The normalized spacial score (nSPS) is 10.5. The second kappa shape index (κ2) is 6.22. The van der Waals surface area contributed by atoms with E-state index in [2.05, 4.69) is 21.2 Å². The molecule has 0 saturated carbocycles. The van der Waals surface area contributed by atoms with Crippen molar-refractivity contribution in [3.05, 3.63) is 63.1 Å². The van der Waals surface area contributed by atoms with Crippen molar-refractivity contribution in [2.24, 2.45) is 5.73 Å². The molecular weight excluding hydrogens is 342 g/mol. The predicted octanol–water partition coefficient (Wildman–Crippen LogP) is 3.75. The van der Waals surface area contributed by atoms with Crippen LogP contribution in [0.15, 0.2) is 34.8 Å². The minimum atomic E-state index is -0.665. The van der Waals surface area contributed by atoms with Crippen LogP contribution in [0.4, 0.5) is 14.5 Å².